The van der Waals surface area contributed by atoms with Crippen LogP contribution in [0, 0.1) is 0 Å². The topological polar surface area (TPSA) is 39.1 Å². The first kappa shape index (κ1) is 12.9. The van der Waals surface area contributed by atoms with Gasteiger partial charge in [-0.1, -0.05) is 11.6 Å². The minimum Gasteiger partial charge on any atom is -0.496 e. The summed E-state index contributed by atoms with van der Waals surface area (Å²) < 4.78 is 7.37. The fraction of sp³-hybridized carbons (Fsp3) is 0.308. The number of imidazole rings is 1. The van der Waals surface area contributed by atoms with E-state index in [4.69, 9.17) is 16.3 Å². The molecule has 2 aromatic rings. The van der Waals surface area contributed by atoms with Crippen LogP contribution in [-0.2, 0) is 7.05 Å². The van der Waals surface area contributed by atoms with Gasteiger partial charge in [0.25, 0.3) is 0 Å². The lowest BCUT2D eigenvalue weighted by molar-refractivity contribution is 0.404. The summed E-state index contributed by atoms with van der Waals surface area (Å²) in [6.45, 7) is 0. The third-order valence-corrected chi connectivity index (χ3v) is 3.18. The van der Waals surface area contributed by atoms with Crippen LogP contribution in [-0.4, -0.2) is 23.7 Å². The van der Waals surface area contributed by atoms with Gasteiger partial charge in [-0.15, -0.1) is 0 Å². The largest absolute Gasteiger partial charge is 0.496 e. The van der Waals surface area contributed by atoms with E-state index in [2.05, 4.69) is 10.3 Å². The molecule has 4 nitrogen and oxygen atoms in total. The molecular weight excluding hydrogens is 250 g/mol. The summed E-state index contributed by atoms with van der Waals surface area (Å²) in [4.78, 5) is 4.14. The van der Waals surface area contributed by atoms with Crippen LogP contribution < -0.4 is 10.1 Å². The molecule has 0 aliphatic rings. The first-order valence-electron chi connectivity index (χ1n) is 5.64. The van der Waals surface area contributed by atoms with Crippen molar-refractivity contribution in [3.05, 3.63) is 47.0 Å². The van der Waals surface area contributed by atoms with E-state index in [1.807, 2.05) is 43.1 Å². The highest BCUT2D eigenvalue weighted by molar-refractivity contribution is 6.30. The molecule has 0 amide bonds. The lowest BCUT2D eigenvalue weighted by atomic mass is 10.0. The Morgan fingerprint density at radius 2 is 2.22 bits per heavy atom. The number of benzene rings is 1. The minimum atomic E-state index is -0.00819. The van der Waals surface area contributed by atoms with E-state index in [1.165, 1.54) is 0 Å². The van der Waals surface area contributed by atoms with E-state index in [0.29, 0.717) is 5.02 Å². The van der Waals surface area contributed by atoms with Gasteiger partial charge in [-0.2, -0.15) is 0 Å². The van der Waals surface area contributed by atoms with Crippen LogP contribution in [0.25, 0.3) is 0 Å². The number of methoxy groups -OCH3 is 1. The van der Waals surface area contributed by atoms with Crippen LogP contribution in [0.15, 0.2) is 30.7 Å². The monoisotopic (exact) mass is 265 g/mol. The van der Waals surface area contributed by atoms with Crippen molar-refractivity contribution in [1.29, 1.82) is 0 Å². The van der Waals surface area contributed by atoms with Gasteiger partial charge < -0.3 is 14.6 Å². The van der Waals surface area contributed by atoms with Gasteiger partial charge in [-0.25, -0.2) is 4.98 Å². The van der Waals surface area contributed by atoms with Crippen LogP contribution in [0.5, 0.6) is 5.75 Å². The summed E-state index contributed by atoms with van der Waals surface area (Å²) in [5, 5.41) is 3.95. The van der Waals surface area contributed by atoms with Crippen LogP contribution >= 0.6 is 11.6 Å². The Balaban J connectivity index is 2.51. The lowest BCUT2D eigenvalue weighted by Crippen LogP contribution is -2.20. The molecule has 18 heavy (non-hydrogen) atoms. The summed E-state index contributed by atoms with van der Waals surface area (Å²) in [6, 6.07) is 5.60. The second kappa shape index (κ2) is 5.42. The molecule has 2 rings (SSSR count). The van der Waals surface area contributed by atoms with E-state index >= 15 is 0 Å². The van der Waals surface area contributed by atoms with Crippen molar-refractivity contribution >= 4 is 11.6 Å². The maximum Gasteiger partial charge on any atom is 0.124 e. The Kier molecular flexibility index (Phi) is 3.89. The average Bonchev–Trinajstić information content (AvgIpc) is 2.77. The quantitative estimate of drug-likeness (QED) is 0.923. The number of hydrogen-bond acceptors (Lipinski definition) is 3. The molecule has 96 valence electrons. The van der Waals surface area contributed by atoms with E-state index in [0.717, 1.165) is 17.0 Å². The van der Waals surface area contributed by atoms with Crippen molar-refractivity contribution in [3.8, 4) is 5.75 Å². The van der Waals surface area contributed by atoms with Crippen molar-refractivity contribution < 1.29 is 4.74 Å². The normalized spacial score (nSPS) is 12.4. The van der Waals surface area contributed by atoms with Crippen molar-refractivity contribution in [2.45, 2.75) is 6.04 Å². The summed E-state index contributed by atoms with van der Waals surface area (Å²) in [5.41, 5.74) is 2.05. The Labute approximate surface area is 112 Å². The van der Waals surface area contributed by atoms with Crippen LogP contribution in [0.1, 0.15) is 17.3 Å². The fourth-order valence-corrected chi connectivity index (χ4v) is 2.22. The van der Waals surface area contributed by atoms with Gasteiger partial charge in [0.05, 0.1) is 31.4 Å². The molecular formula is C13H16ClN3O. The Morgan fingerprint density at radius 3 is 2.78 bits per heavy atom. The number of nitrogens with zero attached hydrogens (tertiary/aromatic N) is 2. The third kappa shape index (κ3) is 2.35. The molecule has 5 heteroatoms. The SMILES string of the molecule is CNC(c1cc(Cl)ccc1OC)c1cncn1C. The van der Waals surface area contributed by atoms with Crippen molar-refractivity contribution in [1.82, 2.24) is 14.9 Å². The molecule has 1 N–H and O–H groups in total. The van der Waals surface area contributed by atoms with Gasteiger partial charge >= 0.3 is 0 Å². The molecule has 0 aliphatic carbocycles. The minimum absolute atomic E-state index is 0.00819. The number of hydrogen-bond donors (Lipinski definition) is 1. The summed E-state index contributed by atoms with van der Waals surface area (Å²) in [6.07, 6.45) is 3.61. The van der Waals surface area contributed by atoms with E-state index < -0.39 is 0 Å². The van der Waals surface area contributed by atoms with Crippen molar-refractivity contribution in [2.24, 2.45) is 7.05 Å². The predicted octanol–water partition coefficient (Wildman–Crippen LogP) is 2.39. The van der Waals surface area contributed by atoms with E-state index in [9.17, 15) is 0 Å². The highest BCUT2D eigenvalue weighted by Gasteiger charge is 2.19. The average molecular weight is 266 g/mol. The van der Waals surface area contributed by atoms with Gasteiger partial charge in [-0.3, -0.25) is 0 Å². The molecule has 0 radical (unpaired) electrons. The molecule has 0 spiro atoms. The zero-order chi connectivity index (χ0) is 13.1. The molecule has 0 saturated heterocycles. The first-order chi connectivity index (χ1) is 8.67. The number of aryl methyl sites for hydroxylation is 1. The third-order valence-electron chi connectivity index (χ3n) is 2.94. The summed E-state index contributed by atoms with van der Waals surface area (Å²) in [7, 11) is 5.52. The molecule has 0 fully saturated rings. The summed E-state index contributed by atoms with van der Waals surface area (Å²) >= 11 is 6.07. The number of halogens is 1. The van der Waals surface area contributed by atoms with E-state index in [-0.39, 0.29) is 6.04 Å². The zero-order valence-corrected chi connectivity index (χ0v) is 11.4. The molecule has 1 unspecified atom stereocenters. The first-order valence-corrected chi connectivity index (χ1v) is 6.02. The molecule has 1 aromatic carbocycles. The number of aromatic nitrogens is 2. The predicted molar refractivity (Wildman–Crippen MR) is 72.1 cm³/mol. The summed E-state index contributed by atoms with van der Waals surface area (Å²) in [5.74, 6) is 0.806. The van der Waals surface area contributed by atoms with Gasteiger partial charge in [0.15, 0.2) is 0 Å². The van der Waals surface area contributed by atoms with Crippen LogP contribution in [0.4, 0.5) is 0 Å². The fourth-order valence-electron chi connectivity index (χ4n) is 2.04. The van der Waals surface area contributed by atoms with Gasteiger partial charge in [-0.05, 0) is 25.2 Å². The number of rotatable bonds is 4. The van der Waals surface area contributed by atoms with Gasteiger partial charge in [0.1, 0.15) is 5.75 Å². The highest BCUT2D eigenvalue weighted by Crippen LogP contribution is 2.31. The van der Waals surface area contributed by atoms with E-state index in [1.54, 1.807) is 13.4 Å². The highest BCUT2D eigenvalue weighted by atomic mass is 35.5. The van der Waals surface area contributed by atoms with Crippen molar-refractivity contribution in [2.75, 3.05) is 14.2 Å². The number of nitrogens with one attached hydrogen (secondary N) is 1. The second-order valence-corrected chi connectivity index (χ2v) is 4.47. The molecule has 1 aromatic heterocycles. The number of ether oxygens (including phenoxy) is 1. The Hall–Kier alpha value is -1.52. The van der Waals surface area contributed by atoms with Gasteiger partial charge in [0.2, 0.25) is 0 Å². The maximum absolute atomic E-state index is 6.07. The Bertz CT molecular complexity index is 539. The zero-order valence-electron chi connectivity index (χ0n) is 10.6. The smallest absolute Gasteiger partial charge is 0.124 e. The molecule has 0 aliphatic heterocycles. The molecule has 1 atom stereocenters. The van der Waals surface area contributed by atoms with Crippen molar-refractivity contribution in [3.63, 3.8) is 0 Å². The molecule has 0 saturated carbocycles. The maximum atomic E-state index is 6.07. The van der Waals surface area contributed by atoms with Gasteiger partial charge in [0, 0.05) is 17.6 Å². The second-order valence-electron chi connectivity index (χ2n) is 4.04. The van der Waals surface area contributed by atoms with Crippen LogP contribution in [0.3, 0.4) is 0 Å². The molecule has 1 heterocycles. The molecule has 0 bridgehead atoms. The van der Waals surface area contributed by atoms with Crippen LogP contribution in [0.2, 0.25) is 5.02 Å². The Morgan fingerprint density at radius 1 is 1.44 bits per heavy atom. The lowest BCUT2D eigenvalue weighted by Gasteiger charge is -2.20. The standard InChI is InChI=1S/C13H16ClN3O/c1-15-13(11-7-16-8-17(11)2)10-6-9(14)4-5-12(10)18-3/h4-8,13,15H,1-3H3.